The van der Waals surface area contributed by atoms with Gasteiger partial charge in [0.1, 0.15) is 12.4 Å². The van der Waals surface area contributed by atoms with Crippen LogP contribution >= 0.6 is 0 Å². The SMILES string of the molecule is CC/C(=C(/c1ccc(OCCN2CCCC2)cc1)c1ccc2[nH]ncc2c1)c1ccccc1. The molecule has 0 aliphatic carbocycles. The van der Waals surface area contributed by atoms with Crippen molar-refractivity contribution in [2.24, 2.45) is 0 Å². The first-order valence-corrected chi connectivity index (χ1v) is 12.0. The third kappa shape index (κ3) is 4.86. The molecule has 1 saturated heterocycles. The van der Waals surface area contributed by atoms with Gasteiger partial charge in [-0.05, 0) is 84.5 Å². The van der Waals surface area contributed by atoms with Gasteiger partial charge < -0.3 is 4.74 Å². The minimum absolute atomic E-state index is 0.740. The van der Waals surface area contributed by atoms with Gasteiger partial charge in [-0.1, -0.05) is 55.5 Å². The van der Waals surface area contributed by atoms with E-state index in [1.165, 1.54) is 53.8 Å². The second kappa shape index (κ2) is 10.1. The molecule has 1 N–H and O–H groups in total. The first-order valence-electron chi connectivity index (χ1n) is 12.0. The minimum Gasteiger partial charge on any atom is -0.492 e. The highest BCUT2D eigenvalue weighted by atomic mass is 16.5. The Morgan fingerprint density at radius 1 is 0.909 bits per heavy atom. The molecule has 2 heterocycles. The number of nitrogens with zero attached hydrogens (tertiary/aromatic N) is 2. The maximum atomic E-state index is 6.06. The molecule has 0 amide bonds. The van der Waals surface area contributed by atoms with Crippen molar-refractivity contribution in [1.82, 2.24) is 15.1 Å². The molecule has 3 aromatic carbocycles. The molecule has 0 atom stereocenters. The number of likely N-dealkylation sites (tertiary alicyclic amines) is 1. The zero-order chi connectivity index (χ0) is 22.5. The van der Waals surface area contributed by atoms with Crippen molar-refractivity contribution in [2.45, 2.75) is 26.2 Å². The molecule has 4 aromatic rings. The summed E-state index contributed by atoms with van der Waals surface area (Å²) in [6.07, 6.45) is 5.46. The molecule has 0 radical (unpaired) electrons. The summed E-state index contributed by atoms with van der Waals surface area (Å²) in [6.45, 7) is 6.39. The molecule has 0 unspecified atom stereocenters. The van der Waals surface area contributed by atoms with Gasteiger partial charge in [0.15, 0.2) is 0 Å². The predicted octanol–water partition coefficient (Wildman–Crippen LogP) is 6.41. The van der Waals surface area contributed by atoms with Crippen LogP contribution in [0.15, 0.2) is 79.0 Å². The van der Waals surface area contributed by atoms with Gasteiger partial charge in [0.05, 0.1) is 11.7 Å². The van der Waals surface area contributed by atoms with Crippen LogP contribution in [0, 0.1) is 0 Å². The summed E-state index contributed by atoms with van der Waals surface area (Å²) in [5.41, 5.74) is 7.31. The number of nitrogens with one attached hydrogen (secondary N) is 1. The summed E-state index contributed by atoms with van der Waals surface area (Å²) >= 11 is 0. The lowest BCUT2D eigenvalue weighted by atomic mass is 9.88. The zero-order valence-corrected chi connectivity index (χ0v) is 19.3. The molecule has 1 aliphatic heterocycles. The van der Waals surface area contributed by atoms with Crippen molar-refractivity contribution in [3.05, 3.63) is 95.7 Å². The average molecular weight is 438 g/mol. The molecule has 0 bridgehead atoms. The second-order valence-corrected chi connectivity index (χ2v) is 8.67. The van der Waals surface area contributed by atoms with Crippen molar-refractivity contribution in [3.8, 4) is 5.75 Å². The highest BCUT2D eigenvalue weighted by molar-refractivity contribution is 6.00. The van der Waals surface area contributed by atoms with E-state index in [0.29, 0.717) is 0 Å². The fourth-order valence-electron chi connectivity index (χ4n) is 4.79. The predicted molar refractivity (Wildman–Crippen MR) is 136 cm³/mol. The molecule has 5 rings (SSSR count). The Hall–Kier alpha value is -3.37. The normalized spacial score (nSPS) is 15.1. The van der Waals surface area contributed by atoms with E-state index in [0.717, 1.165) is 36.2 Å². The Labute approximate surface area is 195 Å². The number of rotatable bonds is 8. The van der Waals surface area contributed by atoms with Crippen molar-refractivity contribution in [2.75, 3.05) is 26.2 Å². The molecule has 1 fully saturated rings. The van der Waals surface area contributed by atoms with E-state index in [1.54, 1.807) is 0 Å². The Kier molecular flexibility index (Phi) is 6.54. The van der Waals surface area contributed by atoms with Gasteiger partial charge in [-0.3, -0.25) is 10.00 Å². The Bertz CT molecular complexity index is 1220. The summed E-state index contributed by atoms with van der Waals surface area (Å²) in [5.74, 6) is 0.931. The van der Waals surface area contributed by atoms with E-state index in [9.17, 15) is 0 Å². The lowest BCUT2D eigenvalue weighted by Crippen LogP contribution is -2.25. The summed E-state index contributed by atoms with van der Waals surface area (Å²) < 4.78 is 6.06. The van der Waals surface area contributed by atoms with E-state index in [4.69, 9.17) is 4.74 Å². The van der Waals surface area contributed by atoms with Crippen LogP contribution in [0.2, 0.25) is 0 Å². The van der Waals surface area contributed by atoms with Gasteiger partial charge >= 0.3 is 0 Å². The van der Waals surface area contributed by atoms with Gasteiger partial charge in [-0.25, -0.2) is 0 Å². The Balaban J connectivity index is 1.48. The van der Waals surface area contributed by atoms with Crippen LogP contribution in [0.3, 0.4) is 0 Å². The summed E-state index contributed by atoms with van der Waals surface area (Å²) in [6, 6.07) is 25.8. The highest BCUT2D eigenvalue weighted by Crippen LogP contribution is 2.36. The van der Waals surface area contributed by atoms with Crippen LogP contribution in [-0.2, 0) is 0 Å². The standard InChI is InChI=1S/C29H31N3O/c1-2-27(22-8-4-3-5-9-22)29(24-12-15-28-25(20-24)21-30-31-28)23-10-13-26(14-11-23)33-19-18-32-16-6-7-17-32/h3-5,8-15,20-21H,2,6-7,16-19H2,1H3,(H,30,31)/b29-27+. The van der Waals surface area contributed by atoms with Crippen molar-refractivity contribution in [1.29, 1.82) is 0 Å². The molecule has 0 spiro atoms. The number of aromatic amines is 1. The lowest BCUT2D eigenvalue weighted by molar-refractivity contribution is 0.238. The number of hydrogen-bond donors (Lipinski definition) is 1. The number of allylic oxidation sites excluding steroid dienone is 1. The average Bonchev–Trinajstić information content (AvgIpc) is 3.55. The van der Waals surface area contributed by atoms with Crippen molar-refractivity contribution >= 4 is 22.0 Å². The van der Waals surface area contributed by atoms with Crippen LogP contribution in [0.1, 0.15) is 42.9 Å². The van der Waals surface area contributed by atoms with Crippen LogP contribution in [-0.4, -0.2) is 41.3 Å². The van der Waals surface area contributed by atoms with E-state index in [2.05, 4.69) is 94.8 Å². The van der Waals surface area contributed by atoms with Gasteiger partial charge in [0.25, 0.3) is 0 Å². The minimum atomic E-state index is 0.740. The summed E-state index contributed by atoms with van der Waals surface area (Å²) in [5, 5.41) is 8.39. The fraction of sp³-hybridized carbons (Fsp3) is 0.276. The highest BCUT2D eigenvalue weighted by Gasteiger charge is 2.15. The smallest absolute Gasteiger partial charge is 0.119 e. The second-order valence-electron chi connectivity index (χ2n) is 8.67. The Morgan fingerprint density at radius 3 is 2.42 bits per heavy atom. The number of ether oxygens (including phenoxy) is 1. The number of hydrogen-bond acceptors (Lipinski definition) is 3. The zero-order valence-electron chi connectivity index (χ0n) is 19.3. The van der Waals surface area contributed by atoms with E-state index in [1.807, 2.05) is 6.20 Å². The van der Waals surface area contributed by atoms with Gasteiger partial charge in [-0.2, -0.15) is 5.10 Å². The summed E-state index contributed by atoms with van der Waals surface area (Å²) in [4.78, 5) is 2.48. The fourth-order valence-corrected chi connectivity index (χ4v) is 4.79. The molecule has 168 valence electrons. The van der Waals surface area contributed by atoms with Crippen molar-refractivity contribution < 1.29 is 4.74 Å². The van der Waals surface area contributed by atoms with Gasteiger partial charge in [0.2, 0.25) is 0 Å². The van der Waals surface area contributed by atoms with Crippen LogP contribution in [0.5, 0.6) is 5.75 Å². The van der Waals surface area contributed by atoms with Gasteiger partial charge in [-0.15, -0.1) is 0 Å². The van der Waals surface area contributed by atoms with E-state index < -0.39 is 0 Å². The molecule has 33 heavy (non-hydrogen) atoms. The number of H-pyrrole nitrogens is 1. The van der Waals surface area contributed by atoms with Crippen molar-refractivity contribution in [3.63, 3.8) is 0 Å². The van der Waals surface area contributed by atoms with E-state index in [-0.39, 0.29) is 0 Å². The summed E-state index contributed by atoms with van der Waals surface area (Å²) in [7, 11) is 0. The molecular formula is C29H31N3O. The number of benzene rings is 3. The molecule has 4 nitrogen and oxygen atoms in total. The third-order valence-electron chi connectivity index (χ3n) is 6.52. The first kappa shape index (κ1) is 21.5. The number of fused-ring (bicyclic) bond motifs is 1. The molecule has 4 heteroatoms. The lowest BCUT2D eigenvalue weighted by Gasteiger charge is -2.18. The molecular weight excluding hydrogens is 406 g/mol. The maximum Gasteiger partial charge on any atom is 0.119 e. The molecule has 1 aromatic heterocycles. The Morgan fingerprint density at radius 2 is 1.67 bits per heavy atom. The monoisotopic (exact) mass is 437 g/mol. The largest absolute Gasteiger partial charge is 0.492 e. The van der Waals surface area contributed by atoms with Crippen LogP contribution in [0.4, 0.5) is 0 Å². The quantitative estimate of drug-likeness (QED) is 0.324. The van der Waals surface area contributed by atoms with E-state index >= 15 is 0 Å². The van der Waals surface area contributed by atoms with Crippen LogP contribution in [0.25, 0.3) is 22.0 Å². The number of aromatic nitrogens is 2. The molecule has 1 aliphatic rings. The first-order chi connectivity index (χ1) is 16.3. The van der Waals surface area contributed by atoms with Gasteiger partial charge in [0, 0.05) is 11.9 Å². The third-order valence-corrected chi connectivity index (χ3v) is 6.52. The molecule has 0 saturated carbocycles. The van der Waals surface area contributed by atoms with Crippen LogP contribution < -0.4 is 4.74 Å². The topological polar surface area (TPSA) is 41.1 Å². The maximum absolute atomic E-state index is 6.06.